The molecule has 0 N–H and O–H groups in total. The fourth-order valence-corrected chi connectivity index (χ4v) is 2.55. The molecule has 1 heterocycles. The normalized spacial score (nSPS) is 10.9. The summed E-state index contributed by atoms with van der Waals surface area (Å²) in [6.07, 6.45) is 0. The standard InChI is InChI=1S/C14H17NOS/c1-9(2)11-5-6-12(13(8-11)16-4)14-7-10(3)15-17-14/h5-9H,1-4H3. The highest BCUT2D eigenvalue weighted by atomic mass is 32.1. The monoisotopic (exact) mass is 247 g/mol. The van der Waals surface area contributed by atoms with E-state index >= 15 is 0 Å². The van der Waals surface area contributed by atoms with Crippen LogP contribution in [0.3, 0.4) is 0 Å². The summed E-state index contributed by atoms with van der Waals surface area (Å²) in [7, 11) is 1.72. The number of benzene rings is 1. The number of methoxy groups -OCH3 is 1. The van der Waals surface area contributed by atoms with Crippen molar-refractivity contribution < 1.29 is 4.74 Å². The van der Waals surface area contributed by atoms with Gasteiger partial charge in [-0.05, 0) is 48.1 Å². The Balaban J connectivity index is 2.48. The molecule has 0 atom stereocenters. The summed E-state index contributed by atoms with van der Waals surface area (Å²) >= 11 is 1.52. The average molecular weight is 247 g/mol. The smallest absolute Gasteiger partial charge is 0.127 e. The molecule has 0 aliphatic heterocycles. The van der Waals surface area contributed by atoms with Gasteiger partial charge in [-0.3, -0.25) is 0 Å². The zero-order chi connectivity index (χ0) is 12.4. The van der Waals surface area contributed by atoms with Gasteiger partial charge < -0.3 is 4.74 Å². The number of aromatic nitrogens is 1. The van der Waals surface area contributed by atoms with Crippen LogP contribution in [0.5, 0.6) is 5.75 Å². The van der Waals surface area contributed by atoms with Gasteiger partial charge >= 0.3 is 0 Å². The Morgan fingerprint density at radius 1 is 1.24 bits per heavy atom. The first kappa shape index (κ1) is 12.1. The van der Waals surface area contributed by atoms with Crippen LogP contribution in [0.1, 0.15) is 31.0 Å². The molecule has 1 aromatic heterocycles. The van der Waals surface area contributed by atoms with Crippen molar-refractivity contribution in [3.8, 4) is 16.2 Å². The second-order valence-electron chi connectivity index (χ2n) is 4.45. The third kappa shape index (κ3) is 2.50. The molecule has 0 spiro atoms. The Kier molecular flexibility index (Phi) is 3.48. The topological polar surface area (TPSA) is 22.1 Å². The molecule has 2 nitrogen and oxygen atoms in total. The van der Waals surface area contributed by atoms with Crippen LogP contribution in [0.4, 0.5) is 0 Å². The van der Waals surface area contributed by atoms with Crippen LogP contribution in [-0.2, 0) is 0 Å². The molecule has 0 fully saturated rings. The fourth-order valence-electron chi connectivity index (χ4n) is 1.76. The summed E-state index contributed by atoms with van der Waals surface area (Å²) in [5.74, 6) is 1.45. The molecule has 2 rings (SSSR count). The maximum atomic E-state index is 5.48. The minimum atomic E-state index is 0.515. The molecule has 2 aromatic rings. The van der Waals surface area contributed by atoms with E-state index in [1.165, 1.54) is 17.1 Å². The number of ether oxygens (including phenoxy) is 1. The lowest BCUT2D eigenvalue weighted by atomic mass is 10.0. The Morgan fingerprint density at radius 3 is 2.53 bits per heavy atom. The van der Waals surface area contributed by atoms with Gasteiger partial charge in [0.15, 0.2) is 0 Å². The number of hydrogen-bond donors (Lipinski definition) is 0. The first-order chi connectivity index (χ1) is 8.11. The van der Waals surface area contributed by atoms with E-state index in [0.717, 1.165) is 21.9 Å². The van der Waals surface area contributed by atoms with Crippen LogP contribution in [0.15, 0.2) is 24.3 Å². The number of rotatable bonds is 3. The van der Waals surface area contributed by atoms with Crippen LogP contribution < -0.4 is 4.74 Å². The summed E-state index contributed by atoms with van der Waals surface area (Å²) < 4.78 is 9.79. The van der Waals surface area contributed by atoms with Crippen molar-refractivity contribution in [1.29, 1.82) is 0 Å². The second kappa shape index (κ2) is 4.88. The lowest BCUT2D eigenvalue weighted by molar-refractivity contribution is 0.416. The molecule has 1 aromatic carbocycles. The van der Waals surface area contributed by atoms with Crippen molar-refractivity contribution in [1.82, 2.24) is 4.37 Å². The van der Waals surface area contributed by atoms with Crippen LogP contribution in [0.2, 0.25) is 0 Å². The molecule has 3 heteroatoms. The minimum absolute atomic E-state index is 0.515. The predicted octanol–water partition coefficient (Wildman–Crippen LogP) is 4.25. The van der Waals surface area contributed by atoms with Crippen molar-refractivity contribution >= 4 is 11.5 Å². The van der Waals surface area contributed by atoms with Crippen molar-refractivity contribution in [3.05, 3.63) is 35.5 Å². The molecular formula is C14H17NOS. The van der Waals surface area contributed by atoms with E-state index in [4.69, 9.17) is 4.74 Å². The molecule has 0 aliphatic carbocycles. The zero-order valence-corrected chi connectivity index (χ0v) is 11.5. The molecule has 90 valence electrons. The largest absolute Gasteiger partial charge is 0.496 e. The van der Waals surface area contributed by atoms with E-state index < -0.39 is 0 Å². The summed E-state index contributed by atoms with van der Waals surface area (Å²) in [5.41, 5.74) is 3.48. The number of aryl methyl sites for hydroxylation is 1. The zero-order valence-electron chi connectivity index (χ0n) is 10.7. The van der Waals surface area contributed by atoms with E-state index in [1.54, 1.807) is 7.11 Å². The van der Waals surface area contributed by atoms with Gasteiger partial charge in [0.05, 0.1) is 17.7 Å². The molecule has 0 unspecified atom stereocenters. The Hall–Kier alpha value is -1.35. The van der Waals surface area contributed by atoms with Crippen LogP contribution in [0.25, 0.3) is 10.4 Å². The van der Waals surface area contributed by atoms with Gasteiger partial charge in [0.1, 0.15) is 5.75 Å². The fraction of sp³-hybridized carbons (Fsp3) is 0.357. The molecule has 0 saturated heterocycles. The maximum Gasteiger partial charge on any atom is 0.127 e. The molecule has 0 radical (unpaired) electrons. The molecular weight excluding hydrogens is 230 g/mol. The highest BCUT2D eigenvalue weighted by Crippen LogP contribution is 2.35. The first-order valence-electron chi connectivity index (χ1n) is 5.73. The lowest BCUT2D eigenvalue weighted by Gasteiger charge is -2.11. The third-order valence-corrected chi connectivity index (χ3v) is 3.70. The van der Waals surface area contributed by atoms with Crippen molar-refractivity contribution in [2.24, 2.45) is 0 Å². The first-order valence-corrected chi connectivity index (χ1v) is 6.50. The van der Waals surface area contributed by atoms with E-state index in [2.05, 4.69) is 42.5 Å². The van der Waals surface area contributed by atoms with Crippen molar-refractivity contribution in [2.75, 3.05) is 7.11 Å². The highest BCUT2D eigenvalue weighted by molar-refractivity contribution is 7.09. The van der Waals surface area contributed by atoms with E-state index in [0.29, 0.717) is 5.92 Å². The second-order valence-corrected chi connectivity index (χ2v) is 5.25. The summed E-state index contributed by atoms with van der Waals surface area (Å²) in [6.45, 7) is 6.38. The van der Waals surface area contributed by atoms with Gasteiger partial charge in [-0.25, -0.2) is 0 Å². The molecule has 0 amide bonds. The van der Waals surface area contributed by atoms with Gasteiger partial charge in [-0.2, -0.15) is 4.37 Å². The van der Waals surface area contributed by atoms with Gasteiger partial charge in [0.25, 0.3) is 0 Å². The van der Waals surface area contributed by atoms with Crippen LogP contribution >= 0.6 is 11.5 Å². The van der Waals surface area contributed by atoms with Crippen LogP contribution in [0, 0.1) is 6.92 Å². The molecule has 17 heavy (non-hydrogen) atoms. The summed E-state index contributed by atoms with van der Waals surface area (Å²) in [6, 6.07) is 8.51. The van der Waals surface area contributed by atoms with Crippen molar-refractivity contribution in [2.45, 2.75) is 26.7 Å². The van der Waals surface area contributed by atoms with Gasteiger partial charge in [-0.15, -0.1) is 0 Å². The number of hydrogen-bond acceptors (Lipinski definition) is 3. The summed E-state index contributed by atoms with van der Waals surface area (Å²) in [5, 5.41) is 0. The quantitative estimate of drug-likeness (QED) is 0.809. The predicted molar refractivity (Wildman–Crippen MR) is 72.9 cm³/mol. The van der Waals surface area contributed by atoms with E-state index in [-0.39, 0.29) is 0 Å². The maximum absolute atomic E-state index is 5.48. The Labute approximate surface area is 106 Å². The minimum Gasteiger partial charge on any atom is -0.496 e. The lowest BCUT2D eigenvalue weighted by Crippen LogP contribution is -1.92. The van der Waals surface area contributed by atoms with Gasteiger partial charge in [-0.1, -0.05) is 19.9 Å². The molecule has 0 saturated carbocycles. The van der Waals surface area contributed by atoms with Gasteiger partial charge in [0.2, 0.25) is 0 Å². The molecule has 0 aliphatic rings. The highest BCUT2D eigenvalue weighted by Gasteiger charge is 2.10. The van der Waals surface area contributed by atoms with Crippen LogP contribution in [-0.4, -0.2) is 11.5 Å². The van der Waals surface area contributed by atoms with Crippen molar-refractivity contribution in [3.63, 3.8) is 0 Å². The van der Waals surface area contributed by atoms with Gasteiger partial charge in [0, 0.05) is 5.56 Å². The SMILES string of the molecule is COc1cc(C(C)C)ccc1-c1cc(C)ns1. The summed E-state index contributed by atoms with van der Waals surface area (Å²) in [4.78, 5) is 1.16. The third-order valence-electron chi connectivity index (χ3n) is 2.79. The molecule has 0 bridgehead atoms. The number of nitrogens with zero attached hydrogens (tertiary/aromatic N) is 1. The average Bonchev–Trinajstić information content (AvgIpc) is 2.74. The van der Waals surface area contributed by atoms with E-state index in [1.807, 2.05) is 6.92 Å². The Bertz CT molecular complexity index is 517. The van der Waals surface area contributed by atoms with E-state index in [9.17, 15) is 0 Å². The Morgan fingerprint density at radius 2 is 2.00 bits per heavy atom.